The molecule has 1 saturated heterocycles. The van der Waals surface area contributed by atoms with Gasteiger partial charge in [-0.05, 0) is 71.8 Å². The number of ether oxygens (including phenoxy) is 1. The molecule has 0 saturated carbocycles. The molecule has 9 heteroatoms. The zero-order valence-corrected chi connectivity index (χ0v) is 20.9. The van der Waals surface area contributed by atoms with Gasteiger partial charge in [0.2, 0.25) is 0 Å². The molecule has 6 nitrogen and oxygen atoms in total. The number of nitrogens with one attached hydrogen (secondary N) is 1. The van der Waals surface area contributed by atoms with E-state index < -0.39 is 5.91 Å². The number of halogens is 2. The van der Waals surface area contributed by atoms with E-state index >= 15 is 0 Å². The number of carbonyl (C=O) groups is 3. The first-order valence-electron chi connectivity index (χ1n) is 10.6. The fourth-order valence-electron chi connectivity index (χ4n) is 3.35. The van der Waals surface area contributed by atoms with Crippen LogP contribution < -0.4 is 10.1 Å². The molecule has 3 amide bonds. The van der Waals surface area contributed by atoms with E-state index in [-0.39, 0.29) is 24.3 Å². The van der Waals surface area contributed by atoms with Crippen LogP contribution in [0.3, 0.4) is 0 Å². The minimum absolute atomic E-state index is 0.0953. The number of nitrogens with zero attached hydrogens (tertiary/aromatic N) is 1. The molecule has 0 spiro atoms. The van der Waals surface area contributed by atoms with Gasteiger partial charge in [0.05, 0.1) is 21.5 Å². The van der Waals surface area contributed by atoms with Crippen molar-refractivity contribution >= 4 is 63.8 Å². The van der Waals surface area contributed by atoms with Gasteiger partial charge in [0.1, 0.15) is 5.75 Å². The van der Waals surface area contributed by atoms with Crippen LogP contribution in [0.4, 0.5) is 10.5 Å². The molecule has 0 atom stereocenters. The van der Waals surface area contributed by atoms with Crippen LogP contribution in [0, 0.1) is 6.92 Å². The van der Waals surface area contributed by atoms with Crippen molar-refractivity contribution in [2.45, 2.75) is 13.5 Å². The molecule has 3 aromatic carbocycles. The second-order valence-electron chi connectivity index (χ2n) is 7.74. The summed E-state index contributed by atoms with van der Waals surface area (Å²) in [4.78, 5) is 39.0. The highest BCUT2D eigenvalue weighted by atomic mass is 35.5. The normalized spacial score (nSPS) is 14.5. The number of imide groups is 1. The molecule has 0 aliphatic carbocycles. The Balaban J connectivity index is 1.40. The molecular formula is C26H20Cl2N2O4S. The summed E-state index contributed by atoms with van der Waals surface area (Å²) < 4.78 is 5.62. The van der Waals surface area contributed by atoms with E-state index in [0.717, 1.165) is 27.9 Å². The summed E-state index contributed by atoms with van der Waals surface area (Å²) in [6, 6.07) is 19.4. The fraction of sp³-hybridized carbons (Fsp3) is 0.115. The van der Waals surface area contributed by atoms with Crippen molar-refractivity contribution < 1.29 is 19.1 Å². The van der Waals surface area contributed by atoms with Crippen molar-refractivity contribution in [1.82, 2.24) is 4.90 Å². The summed E-state index contributed by atoms with van der Waals surface area (Å²) in [6.07, 6.45) is 1.63. The molecule has 0 radical (unpaired) electrons. The van der Waals surface area contributed by atoms with Gasteiger partial charge in [0.15, 0.2) is 6.61 Å². The molecule has 1 heterocycles. The van der Waals surface area contributed by atoms with Crippen LogP contribution in [0.25, 0.3) is 6.08 Å². The quantitative estimate of drug-likeness (QED) is 0.353. The molecule has 3 aromatic rings. The van der Waals surface area contributed by atoms with Crippen molar-refractivity contribution in [3.63, 3.8) is 0 Å². The maximum absolute atomic E-state index is 12.9. The summed E-state index contributed by atoms with van der Waals surface area (Å²) in [5.41, 5.74) is 3.05. The minimum Gasteiger partial charge on any atom is -0.484 e. The maximum Gasteiger partial charge on any atom is 0.293 e. The lowest BCUT2D eigenvalue weighted by Crippen LogP contribution is -2.27. The first-order chi connectivity index (χ1) is 16.8. The van der Waals surface area contributed by atoms with E-state index in [0.29, 0.717) is 31.8 Å². The summed E-state index contributed by atoms with van der Waals surface area (Å²) in [7, 11) is 0. The number of hydrogen-bond donors (Lipinski definition) is 1. The van der Waals surface area contributed by atoms with Crippen LogP contribution in [0.1, 0.15) is 16.7 Å². The summed E-state index contributed by atoms with van der Waals surface area (Å²) in [6.45, 7) is 1.84. The second kappa shape index (κ2) is 11.0. The molecule has 35 heavy (non-hydrogen) atoms. The molecule has 1 aliphatic heterocycles. The molecule has 0 bridgehead atoms. The smallest absolute Gasteiger partial charge is 0.293 e. The highest BCUT2D eigenvalue weighted by Gasteiger charge is 2.35. The average Bonchev–Trinajstić information content (AvgIpc) is 3.09. The van der Waals surface area contributed by atoms with E-state index in [1.165, 1.54) is 0 Å². The Kier molecular flexibility index (Phi) is 7.80. The van der Waals surface area contributed by atoms with Crippen LogP contribution >= 0.6 is 35.0 Å². The van der Waals surface area contributed by atoms with Crippen LogP contribution in [-0.4, -0.2) is 28.6 Å². The lowest BCUT2D eigenvalue weighted by molar-refractivity contribution is -0.123. The number of carbonyl (C=O) groups excluding carboxylic acids is 3. The van der Waals surface area contributed by atoms with Gasteiger partial charge >= 0.3 is 0 Å². The Morgan fingerprint density at radius 3 is 2.60 bits per heavy atom. The topological polar surface area (TPSA) is 75.7 Å². The van der Waals surface area contributed by atoms with Gasteiger partial charge in [-0.15, -0.1) is 0 Å². The zero-order valence-electron chi connectivity index (χ0n) is 18.6. The molecule has 178 valence electrons. The molecule has 4 rings (SSSR count). The molecule has 0 aromatic heterocycles. The van der Waals surface area contributed by atoms with Gasteiger partial charge in [-0.3, -0.25) is 19.3 Å². The number of hydrogen-bond acceptors (Lipinski definition) is 5. The van der Waals surface area contributed by atoms with Crippen molar-refractivity contribution in [2.24, 2.45) is 0 Å². The summed E-state index contributed by atoms with van der Waals surface area (Å²) >= 11 is 12.8. The number of rotatable bonds is 7. The van der Waals surface area contributed by atoms with Crippen molar-refractivity contribution in [3.05, 3.63) is 98.4 Å². The Labute approximate surface area is 216 Å². The third-order valence-corrected chi connectivity index (χ3v) is 6.79. The maximum atomic E-state index is 12.9. The third-order valence-electron chi connectivity index (χ3n) is 5.14. The van der Waals surface area contributed by atoms with Gasteiger partial charge in [-0.2, -0.15) is 0 Å². The molecule has 0 unspecified atom stereocenters. The Morgan fingerprint density at radius 2 is 1.83 bits per heavy atom. The number of anilines is 1. The molecule has 1 fully saturated rings. The Morgan fingerprint density at radius 1 is 1.03 bits per heavy atom. The van der Waals surface area contributed by atoms with Crippen molar-refractivity contribution in [2.75, 3.05) is 11.9 Å². The Hall–Kier alpha value is -3.26. The van der Waals surface area contributed by atoms with Crippen LogP contribution in [0.15, 0.2) is 71.6 Å². The van der Waals surface area contributed by atoms with Gasteiger partial charge < -0.3 is 10.1 Å². The van der Waals surface area contributed by atoms with Gasteiger partial charge in [0, 0.05) is 5.69 Å². The van der Waals surface area contributed by atoms with Crippen LogP contribution in [-0.2, 0) is 16.1 Å². The molecular weight excluding hydrogens is 507 g/mol. The Bertz CT molecular complexity index is 1340. The van der Waals surface area contributed by atoms with E-state index in [1.807, 2.05) is 31.2 Å². The summed E-state index contributed by atoms with van der Waals surface area (Å²) in [5.74, 6) is -0.211. The van der Waals surface area contributed by atoms with Crippen LogP contribution in [0.2, 0.25) is 10.0 Å². The number of amides is 3. The van der Waals surface area contributed by atoms with E-state index in [9.17, 15) is 14.4 Å². The number of para-hydroxylation sites is 1. The lowest BCUT2D eigenvalue weighted by Gasteiger charge is -2.13. The van der Waals surface area contributed by atoms with Gasteiger partial charge in [-0.25, -0.2) is 0 Å². The van der Waals surface area contributed by atoms with Gasteiger partial charge in [-0.1, -0.05) is 59.6 Å². The van der Waals surface area contributed by atoms with Crippen molar-refractivity contribution in [1.29, 1.82) is 0 Å². The second-order valence-corrected chi connectivity index (χ2v) is 9.55. The van der Waals surface area contributed by atoms with Crippen LogP contribution in [0.5, 0.6) is 5.75 Å². The highest BCUT2D eigenvalue weighted by molar-refractivity contribution is 8.18. The van der Waals surface area contributed by atoms with Crippen molar-refractivity contribution in [3.8, 4) is 5.75 Å². The van der Waals surface area contributed by atoms with Gasteiger partial charge in [0.25, 0.3) is 17.1 Å². The summed E-state index contributed by atoms with van der Waals surface area (Å²) in [5, 5.41) is 3.20. The SMILES string of the molecule is Cc1ccccc1NC(=O)COc1cccc(/C=C2\SC(=O)N(Cc3ccc(Cl)c(Cl)c3)C2=O)c1. The predicted molar refractivity (Wildman–Crippen MR) is 140 cm³/mol. The van der Waals surface area contributed by atoms with E-state index in [2.05, 4.69) is 5.32 Å². The van der Waals surface area contributed by atoms with E-state index in [4.69, 9.17) is 27.9 Å². The number of aryl methyl sites for hydroxylation is 1. The zero-order chi connectivity index (χ0) is 24.9. The predicted octanol–water partition coefficient (Wildman–Crippen LogP) is 6.56. The number of benzene rings is 3. The lowest BCUT2D eigenvalue weighted by atomic mass is 10.2. The molecule has 1 N–H and O–H groups in total. The third kappa shape index (κ3) is 6.25. The first-order valence-corrected chi connectivity index (χ1v) is 12.1. The largest absolute Gasteiger partial charge is 0.484 e. The monoisotopic (exact) mass is 526 g/mol. The fourth-order valence-corrected chi connectivity index (χ4v) is 4.51. The number of thioether (sulfide) groups is 1. The highest BCUT2D eigenvalue weighted by Crippen LogP contribution is 2.34. The first kappa shape index (κ1) is 24.9. The molecule has 1 aliphatic rings. The average molecular weight is 527 g/mol. The minimum atomic E-state index is -0.394. The standard InChI is InChI=1S/C26H20Cl2N2O4S/c1-16-5-2-3-8-22(16)29-24(31)15-34-19-7-4-6-17(11-19)13-23-25(32)30(26(33)35-23)14-18-9-10-20(27)21(28)12-18/h2-13H,14-15H2,1H3,(H,29,31)/b23-13-. The van der Waals surface area contributed by atoms with E-state index in [1.54, 1.807) is 48.5 Å².